The number of carbonyl (C=O) groups is 1. The first-order chi connectivity index (χ1) is 8.65. The lowest BCUT2D eigenvalue weighted by Gasteiger charge is -2.02. The average Bonchev–Trinajstić information content (AvgIpc) is 2.82. The van der Waals surface area contributed by atoms with E-state index >= 15 is 0 Å². The van der Waals surface area contributed by atoms with Crippen LogP contribution in [0.25, 0.3) is 11.3 Å². The molecular weight excluding hydrogens is 250 g/mol. The van der Waals surface area contributed by atoms with Crippen molar-refractivity contribution in [2.24, 2.45) is 5.73 Å². The zero-order valence-corrected chi connectivity index (χ0v) is 10.5. The van der Waals surface area contributed by atoms with E-state index in [2.05, 4.69) is 0 Å². The summed E-state index contributed by atoms with van der Waals surface area (Å²) in [5, 5.41) is 0. The van der Waals surface area contributed by atoms with Gasteiger partial charge in [-0.15, -0.1) is 0 Å². The van der Waals surface area contributed by atoms with Crippen molar-refractivity contribution < 1.29 is 13.4 Å². The van der Waals surface area contributed by atoms with E-state index < -0.39 is 16.7 Å². The molecule has 2 aromatic rings. The highest BCUT2D eigenvalue weighted by Crippen LogP contribution is 2.20. The summed E-state index contributed by atoms with van der Waals surface area (Å²) in [6, 6.07) is 11.2. The minimum atomic E-state index is -1.24. The molecule has 4 nitrogen and oxygen atoms in total. The number of hydrogen-bond acceptors (Lipinski definition) is 3. The number of primary amides is 1. The molecule has 0 saturated heterocycles. The first-order valence-electron chi connectivity index (χ1n) is 5.41. The molecule has 1 atom stereocenters. The second kappa shape index (κ2) is 5.64. The lowest BCUT2D eigenvalue weighted by molar-refractivity contribution is -0.115. The monoisotopic (exact) mass is 263 g/mol. The highest BCUT2D eigenvalue weighted by Gasteiger charge is 2.06. The Hall–Kier alpha value is -1.88. The minimum absolute atomic E-state index is 0.0973. The Kier molecular flexibility index (Phi) is 3.94. The topological polar surface area (TPSA) is 73.3 Å². The summed E-state index contributed by atoms with van der Waals surface area (Å²) in [6.07, 6.45) is 1.62. The van der Waals surface area contributed by atoms with E-state index in [9.17, 15) is 9.00 Å². The number of hydrogen-bond donors (Lipinski definition) is 1. The Bertz CT molecular complexity index is 546. The van der Waals surface area contributed by atoms with Gasteiger partial charge in [0.15, 0.2) is 0 Å². The Morgan fingerprint density at radius 3 is 2.50 bits per heavy atom. The van der Waals surface area contributed by atoms with Gasteiger partial charge in [0.05, 0.1) is 6.26 Å². The van der Waals surface area contributed by atoms with Crippen molar-refractivity contribution in [2.45, 2.75) is 5.75 Å². The highest BCUT2D eigenvalue weighted by molar-refractivity contribution is 7.84. The molecule has 94 valence electrons. The molecule has 2 N–H and O–H groups in total. The molecule has 0 aliphatic rings. The predicted molar refractivity (Wildman–Crippen MR) is 70.1 cm³/mol. The predicted octanol–water partition coefficient (Wildman–Crippen LogP) is 1.68. The van der Waals surface area contributed by atoms with Crippen molar-refractivity contribution in [1.82, 2.24) is 0 Å². The van der Waals surface area contributed by atoms with Gasteiger partial charge in [0.2, 0.25) is 5.91 Å². The third-order valence-electron chi connectivity index (χ3n) is 2.39. The molecule has 5 heteroatoms. The summed E-state index contributed by atoms with van der Waals surface area (Å²) in [6.45, 7) is 0. The summed E-state index contributed by atoms with van der Waals surface area (Å²) >= 11 is 0. The Morgan fingerprint density at radius 1 is 1.22 bits per heavy atom. The van der Waals surface area contributed by atoms with Crippen LogP contribution in [0, 0.1) is 0 Å². The fraction of sp³-hybridized carbons (Fsp3) is 0.154. The van der Waals surface area contributed by atoms with Gasteiger partial charge in [0.1, 0.15) is 11.5 Å². The smallest absolute Gasteiger partial charge is 0.230 e. The van der Waals surface area contributed by atoms with Gasteiger partial charge in [-0.05, 0) is 17.7 Å². The molecule has 0 fully saturated rings. The van der Waals surface area contributed by atoms with Crippen LogP contribution in [0.2, 0.25) is 0 Å². The van der Waals surface area contributed by atoms with Crippen LogP contribution < -0.4 is 5.73 Å². The molecular formula is C13H13NO3S. The molecule has 0 aliphatic carbocycles. The number of nitrogens with two attached hydrogens (primary N) is 1. The van der Waals surface area contributed by atoms with Crippen molar-refractivity contribution in [3.8, 4) is 11.3 Å². The highest BCUT2D eigenvalue weighted by atomic mass is 32.2. The molecule has 0 unspecified atom stereocenters. The van der Waals surface area contributed by atoms with E-state index in [0.29, 0.717) is 5.75 Å². The quantitative estimate of drug-likeness (QED) is 0.892. The van der Waals surface area contributed by atoms with E-state index in [0.717, 1.165) is 16.9 Å². The van der Waals surface area contributed by atoms with E-state index in [4.69, 9.17) is 10.2 Å². The van der Waals surface area contributed by atoms with Crippen LogP contribution in [0.5, 0.6) is 0 Å². The molecule has 1 aromatic carbocycles. The first kappa shape index (κ1) is 12.6. The van der Waals surface area contributed by atoms with Crippen LogP contribution in [0.4, 0.5) is 0 Å². The average molecular weight is 263 g/mol. The zero-order chi connectivity index (χ0) is 13.0. The molecule has 0 bridgehead atoms. The number of carbonyl (C=O) groups excluding carboxylic acids is 1. The van der Waals surface area contributed by atoms with Crippen molar-refractivity contribution in [3.05, 3.63) is 48.2 Å². The van der Waals surface area contributed by atoms with Crippen LogP contribution in [-0.2, 0) is 21.3 Å². The second-order valence-corrected chi connectivity index (χ2v) is 5.33. The summed E-state index contributed by atoms with van der Waals surface area (Å²) in [5.41, 5.74) is 6.86. The molecule has 18 heavy (non-hydrogen) atoms. The second-order valence-electron chi connectivity index (χ2n) is 3.87. The molecule has 1 aromatic heterocycles. The number of benzene rings is 1. The Morgan fingerprint density at radius 2 is 1.94 bits per heavy atom. The maximum Gasteiger partial charge on any atom is 0.230 e. The fourth-order valence-electron chi connectivity index (χ4n) is 1.60. The van der Waals surface area contributed by atoms with Crippen molar-refractivity contribution in [1.29, 1.82) is 0 Å². The van der Waals surface area contributed by atoms with E-state index in [-0.39, 0.29) is 5.75 Å². The summed E-state index contributed by atoms with van der Waals surface area (Å²) in [4.78, 5) is 10.6. The zero-order valence-electron chi connectivity index (χ0n) is 9.67. The third kappa shape index (κ3) is 3.30. The molecule has 0 radical (unpaired) electrons. The van der Waals surface area contributed by atoms with Gasteiger partial charge in [-0.1, -0.05) is 24.3 Å². The Labute approximate surface area is 107 Å². The molecule has 1 heterocycles. The normalized spacial score (nSPS) is 12.2. The van der Waals surface area contributed by atoms with E-state index in [1.165, 1.54) is 0 Å². The number of amides is 1. The van der Waals surface area contributed by atoms with Crippen molar-refractivity contribution in [2.75, 3.05) is 5.75 Å². The van der Waals surface area contributed by atoms with Crippen LogP contribution in [0.3, 0.4) is 0 Å². The summed E-state index contributed by atoms with van der Waals surface area (Å²) in [5.74, 6) is 0.488. The van der Waals surface area contributed by atoms with Gasteiger partial charge >= 0.3 is 0 Å². The van der Waals surface area contributed by atoms with E-state index in [1.54, 1.807) is 6.26 Å². The van der Waals surface area contributed by atoms with Gasteiger partial charge in [-0.3, -0.25) is 9.00 Å². The van der Waals surface area contributed by atoms with Gasteiger partial charge < -0.3 is 10.2 Å². The third-order valence-corrected chi connectivity index (χ3v) is 3.65. The first-order valence-corrected chi connectivity index (χ1v) is 6.90. The van der Waals surface area contributed by atoms with Crippen LogP contribution in [0.1, 0.15) is 5.56 Å². The Balaban J connectivity index is 2.04. The molecule has 0 spiro atoms. The number of furan rings is 1. The fourth-order valence-corrected chi connectivity index (χ4v) is 2.59. The maximum absolute atomic E-state index is 11.5. The van der Waals surface area contributed by atoms with Gasteiger partial charge in [-0.25, -0.2) is 0 Å². The number of rotatable bonds is 5. The van der Waals surface area contributed by atoms with Crippen molar-refractivity contribution >= 4 is 16.7 Å². The van der Waals surface area contributed by atoms with E-state index in [1.807, 2.05) is 36.4 Å². The van der Waals surface area contributed by atoms with Crippen molar-refractivity contribution in [3.63, 3.8) is 0 Å². The molecule has 1 amide bonds. The summed E-state index contributed by atoms with van der Waals surface area (Å²) in [7, 11) is -1.24. The van der Waals surface area contributed by atoms with Gasteiger partial charge in [0, 0.05) is 22.1 Å². The SMILES string of the molecule is NC(=O)C[S@](=O)Cc1ccc(-c2ccco2)cc1. The molecule has 2 rings (SSSR count). The lowest BCUT2D eigenvalue weighted by atomic mass is 10.1. The largest absolute Gasteiger partial charge is 0.464 e. The van der Waals surface area contributed by atoms with Crippen LogP contribution >= 0.6 is 0 Å². The van der Waals surface area contributed by atoms with Gasteiger partial charge in [-0.2, -0.15) is 0 Å². The van der Waals surface area contributed by atoms with Crippen LogP contribution in [0.15, 0.2) is 47.1 Å². The molecule has 0 aliphatic heterocycles. The standard InChI is InChI=1S/C13H13NO3S/c14-13(15)9-18(16)8-10-3-5-11(6-4-10)12-2-1-7-17-12/h1-7H,8-9H2,(H2,14,15)/t18-/m1/s1. The minimum Gasteiger partial charge on any atom is -0.464 e. The van der Waals surface area contributed by atoms with Crippen LogP contribution in [-0.4, -0.2) is 15.9 Å². The lowest BCUT2D eigenvalue weighted by Crippen LogP contribution is -2.20. The van der Waals surface area contributed by atoms with Gasteiger partial charge in [0.25, 0.3) is 0 Å². The molecule has 0 saturated carbocycles. The maximum atomic E-state index is 11.5. The summed E-state index contributed by atoms with van der Waals surface area (Å²) < 4.78 is 16.8.